The average Bonchev–Trinajstić information content (AvgIpc) is 3.40. The molecule has 33 heavy (non-hydrogen) atoms. The molecule has 0 saturated carbocycles. The van der Waals surface area contributed by atoms with E-state index < -0.39 is 22.6 Å². The summed E-state index contributed by atoms with van der Waals surface area (Å²) in [5.74, 6) is -0.794. The van der Waals surface area contributed by atoms with Crippen LogP contribution in [0, 0.1) is 11.8 Å². The summed E-state index contributed by atoms with van der Waals surface area (Å²) < 4.78 is 4.54. The Labute approximate surface area is 206 Å². The fourth-order valence-corrected chi connectivity index (χ4v) is 9.21. The van der Waals surface area contributed by atoms with Crippen LogP contribution >= 0.6 is 27.7 Å². The summed E-state index contributed by atoms with van der Waals surface area (Å²) >= 11 is 5.36. The third-order valence-corrected chi connectivity index (χ3v) is 10.2. The maximum absolute atomic E-state index is 13.7. The summed E-state index contributed by atoms with van der Waals surface area (Å²) in [4.78, 5) is 41.9. The van der Waals surface area contributed by atoms with Gasteiger partial charge in [0.15, 0.2) is 0 Å². The predicted octanol–water partition coefficient (Wildman–Crippen LogP) is 2.01. The Bertz CT molecular complexity index is 916. The number of hydrogen-bond donors (Lipinski definition) is 3. The molecule has 1 aromatic carbocycles. The minimum absolute atomic E-state index is 0.0493. The highest BCUT2D eigenvalue weighted by atomic mass is 79.9. The number of fused-ring (bicyclic) bond motifs is 1. The molecule has 3 aliphatic rings. The van der Waals surface area contributed by atoms with Crippen molar-refractivity contribution in [3.63, 3.8) is 0 Å². The lowest BCUT2D eigenvalue weighted by atomic mass is 9.70. The number of anilines is 1. The molecule has 4 rings (SSSR count). The monoisotopic (exact) mass is 539 g/mol. The Morgan fingerprint density at radius 3 is 2.61 bits per heavy atom. The van der Waals surface area contributed by atoms with Crippen LogP contribution < -0.4 is 15.4 Å². The van der Waals surface area contributed by atoms with Crippen molar-refractivity contribution in [2.24, 2.45) is 11.8 Å². The minimum Gasteiger partial charge on any atom is -0.497 e. The number of nitrogens with zero attached hydrogens (tertiary/aromatic N) is 1. The molecule has 6 atom stereocenters. The molecular weight excluding hydrogens is 510 g/mol. The van der Waals surface area contributed by atoms with Crippen molar-refractivity contribution in [3.05, 3.63) is 24.3 Å². The Kier molecular flexibility index (Phi) is 7.26. The van der Waals surface area contributed by atoms with Crippen LogP contribution in [0.25, 0.3) is 0 Å². The molecule has 0 aromatic heterocycles. The Balaban J connectivity index is 1.65. The first-order valence-corrected chi connectivity index (χ1v) is 13.1. The van der Waals surface area contributed by atoms with Gasteiger partial charge in [-0.25, -0.2) is 0 Å². The molecular formula is C23H30BrN3O5S. The van der Waals surface area contributed by atoms with Crippen molar-refractivity contribution >= 4 is 51.1 Å². The number of alkyl halides is 1. The molecule has 3 N–H and O–H groups in total. The normalized spacial score (nSPS) is 32.1. The number of carbonyl (C=O) groups excluding carboxylic acids is 3. The minimum atomic E-state index is -0.670. The van der Waals surface area contributed by atoms with Crippen LogP contribution in [0.5, 0.6) is 5.75 Å². The van der Waals surface area contributed by atoms with E-state index in [0.29, 0.717) is 37.2 Å². The highest BCUT2D eigenvalue weighted by Crippen LogP contribution is 2.67. The predicted molar refractivity (Wildman–Crippen MR) is 131 cm³/mol. The smallest absolute Gasteiger partial charge is 0.248 e. The van der Waals surface area contributed by atoms with E-state index in [0.717, 1.165) is 6.42 Å². The van der Waals surface area contributed by atoms with Crippen LogP contribution in [0.4, 0.5) is 5.69 Å². The summed E-state index contributed by atoms with van der Waals surface area (Å²) in [5.41, 5.74) is 0.629. The number of benzene rings is 1. The number of aliphatic hydroxyl groups is 1. The number of halogens is 1. The van der Waals surface area contributed by atoms with E-state index in [1.165, 1.54) is 0 Å². The van der Waals surface area contributed by atoms with Crippen LogP contribution in [0.15, 0.2) is 24.3 Å². The largest absolute Gasteiger partial charge is 0.497 e. The van der Waals surface area contributed by atoms with Gasteiger partial charge in [-0.15, -0.1) is 11.8 Å². The number of likely N-dealkylation sites (tertiary alicyclic amines) is 1. The number of thioether (sulfide) groups is 1. The van der Waals surface area contributed by atoms with Crippen molar-refractivity contribution in [1.29, 1.82) is 0 Å². The Morgan fingerprint density at radius 2 is 1.97 bits per heavy atom. The fourth-order valence-electron chi connectivity index (χ4n) is 5.59. The molecule has 3 saturated heterocycles. The standard InChI is InChI=1S/C23H30BrN3O5S/c1-25-20(29)16-17-22(31)27(10-4-3-5-11-28)19(23(17)12-15(24)18(16)33-23)21(30)26-13-6-8-14(32-2)9-7-13/h6-9,15-19,28H,3-5,10-12H2,1-2H3,(H,25,29)(H,26,30)/t15?,16-,17+,18-,19?,23?/m1/s1. The second-order valence-corrected chi connectivity index (χ2v) is 11.5. The molecule has 0 radical (unpaired) electrons. The molecule has 1 spiro atoms. The lowest BCUT2D eigenvalue weighted by Gasteiger charge is -2.35. The number of aliphatic hydroxyl groups excluding tert-OH is 1. The zero-order valence-electron chi connectivity index (χ0n) is 18.8. The van der Waals surface area contributed by atoms with Crippen LogP contribution in [-0.2, 0) is 14.4 Å². The number of amides is 3. The van der Waals surface area contributed by atoms with E-state index in [4.69, 9.17) is 9.84 Å². The number of carbonyl (C=O) groups is 3. The summed E-state index contributed by atoms with van der Waals surface area (Å²) in [6.45, 7) is 0.528. The van der Waals surface area contributed by atoms with Gasteiger partial charge in [-0.2, -0.15) is 0 Å². The van der Waals surface area contributed by atoms with Gasteiger partial charge in [0, 0.05) is 36.0 Å². The van der Waals surface area contributed by atoms with Gasteiger partial charge in [-0.05, 0) is 49.9 Å². The molecule has 8 nitrogen and oxygen atoms in total. The highest BCUT2D eigenvalue weighted by molar-refractivity contribution is 9.09. The van der Waals surface area contributed by atoms with E-state index in [2.05, 4.69) is 26.6 Å². The number of methoxy groups -OCH3 is 1. The highest BCUT2D eigenvalue weighted by Gasteiger charge is 2.75. The summed E-state index contributed by atoms with van der Waals surface area (Å²) in [5, 5.41) is 14.8. The second kappa shape index (κ2) is 9.84. The Hall–Kier alpha value is -1.78. The van der Waals surface area contributed by atoms with Crippen molar-refractivity contribution in [1.82, 2.24) is 10.2 Å². The topological polar surface area (TPSA) is 108 Å². The lowest BCUT2D eigenvalue weighted by Crippen LogP contribution is -2.53. The molecule has 2 bridgehead atoms. The van der Waals surface area contributed by atoms with Crippen LogP contribution in [0.1, 0.15) is 25.7 Å². The first kappa shape index (κ1) is 24.3. The molecule has 3 unspecified atom stereocenters. The van der Waals surface area contributed by atoms with Gasteiger partial charge < -0.3 is 25.4 Å². The number of hydrogen-bond acceptors (Lipinski definition) is 6. The maximum atomic E-state index is 13.7. The Morgan fingerprint density at radius 1 is 1.24 bits per heavy atom. The van der Waals surface area contributed by atoms with Gasteiger partial charge in [0.2, 0.25) is 17.7 Å². The van der Waals surface area contributed by atoms with Crippen molar-refractivity contribution in [3.8, 4) is 5.75 Å². The molecule has 3 fully saturated rings. The van der Waals surface area contributed by atoms with Crippen LogP contribution in [0.3, 0.4) is 0 Å². The summed E-state index contributed by atoms with van der Waals surface area (Å²) in [6, 6.07) is 6.42. The molecule has 0 aliphatic carbocycles. The second-order valence-electron chi connectivity index (χ2n) is 8.81. The number of unbranched alkanes of at least 4 members (excludes halogenated alkanes) is 2. The quantitative estimate of drug-likeness (QED) is 0.327. The van der Waals surface area contributed by atoms with E-state index in [-0.39, 0.29) is 34.4 Å². The average molecular weight is 540 g/mol. The molecule has 1 aromatic rings. The number of rotatable bonds is 9. The summed E-state index contributed by atoms with van der Waals surface area (Å²) in [6.07, 6.45) is 2.76. The SMILES string of the molecule is CNC(=O)[C@H]1[C@@H]2SC3(CC2Br)C(C(=O)Nc2ccc(OC)cc2)N(CCCCCO)C(=O)[C@H]13. The first-order chi connectivity index (χ1) is 15.9. The van der Waals surface area contributed by atoms with Gasteiger partial charge in [0.25, 0.3) is 0 Å². The fraction of sp³-hybridized carbons (Fsp3) is 0.609. The number of nitrogens with one attached hydrogen (secondary N) is 2. The van der Waals surface area contributed by atoms with Crippen LogP contribution in [0.2, 0.25) is 0 Å². The van der Waals surface area contributed by atoms with Gasteiger partial charge in [-0.3, -0.25) is 14.4 Å². The molecule has 3 aliphatic heterocycles. The van der Waals surface area contributed by atoms with Gasteiger partial charge in [0.1, 0.15) is 11.8 Å². The van der Waals surface area contributed by atoms with E-state index in [1.54, 1.807) is 55.1 Å². The van der Waals surface area contributed by atoms with Gasteiger partial charge in [0.05, 0.1) is 23.7 Å². The van der Waals surface area contributed by atoms with Crippen molar-refractivity contribution in [2.75, 3.05) is 32.6 Å². The zero-order chi connectivity index (χ0) is 23.8. The third-order valence-electron chi connectivity index (χ3n) is 7.00. The first-order valence-electron chi connectivity index (χ1n) is 11.3. The van der Waals surface area contributed by atoms with Gasteiger partial charge >= 0.3 is 0 Å². The van der Waals surface area contributed by atoms with Crippen molar-refractivity contribution in [2.45, 2.75) is 46.5 Å². The summed E-state index contributed by atoms with van der Waals surface area (Å²) in [7, 11) is 3.17. The van der Waals surface area contributed by atoms with Crippen LogP contribution in [-0.4, -0.2) is 75.9 Å². The number of ether oxygens (including phenoxy) is 1. The van der Waals surface area contributed by atoms with Gasteiger partial charge in [-0.1, -0.05) is 15.9 Å². The zero-order valence-corrected chi connectivity index (χ0v) is 21.2. The lowest BCUT2D eigenvalue weighted by molar-refractivity contribution is -0.139. The van der Waals surface area contributed by atoms with E-state index in [9.17, 15) is 14.4 Å². The molecule has 180 valence electrons. The van der Waals surface area contributed by atoms with E-state index in [1.807, 2.05) is 0 Å². The third kappa shape index (κ3) is 4.14. The maximum Gasteiger partial charge on any atom is 0.248 e. The molecule has 10 heteroatoms. The van der Waals surface area contributed by atoms with E-state index >= 15 is 0 Å². The molecule has 3 amide bonds. The van der Waals surface area contributed by atoms with Crippen molar-refractivity contribution < 1.29 is 24.2 Å². The molecule has 3 heterocycles.